The molecule has 92 valence electrons. The first kappa shape index (κ1) is 12.6. The summed E-state index contributed by atoms with van der Waals surface area (Å²) in [6, 6.07) is 7.42. The summed E-state index contributed by atoms with van der Waals surface area (Å²) in [7, 11) is 0. The standard InChI is InChI=1S/C11H6Cl2N2O3/c12-8-5-7(15(16)17)6-9(13)11(8)18-10-3-1-2-4-14-10/h1-6H. The minimum atomic E-state index is -0.581. The fraction of sp³-hybridized carbons (Fsp3) is 0. The molecule has 2 rings (SSSR count). The zero-order chi connectivity index (χ0) is 13.1. The van der Waals surface area contributed by atoms with E-state index in [1.54, 1.807) is 24.4 Å². The smallest absolute Gasteiger partial charge is 0.272 e. The molecule has 0 N–H and O–H groups in total. The third-order valence-corrected chi connectivity index (χ3v) is 2.60. The molecule has 1 aromatic heterocycles. The summed E-state index contributed by atoms with van der Waals surface area (Å²) < 4.78 is 5.38. The Hall–Kier alpha value is -1.85. The first-order chi connectivity index (χ1) is 8.58. The van der Waals surface area contributed by atoms with E-state index < -0.39 is 4.92 Å². The van der Waals surface area contributed by atoms with Crippen LogP contribution >= 0.6 is 23.2 Å². The minimum Gasteiger partial charge on any atom is -0.436 e. The quantitative estimate of drug-likeness (QED) is 0.629. The second kappa shape index (κ2) is 5.20. The first-order valence-corrected chi connectivity index (χ1v) is 5.56. The summed E-state index contributed by atoms with van der Waals surface area (Å²) in [5.74, 6) is 0.442. The minimum absolute atomic E-state index is 0.0554. The molecule has 2 aromatic rings. The molecule has 0 aliphatic rings. The number of pyridine rings is 1. The molecule has 0 saturated heterocycles. The largest absolute Gasteiger partial charge is 0.436 e. The van der Waals surface area contributed by atoms with Gasteiger partial charge in [-0.25, -0.2) is 4.98 Å². The monoisotopic (exact) mass is 284 g/mol. The van der Waals surface area contributed by atoms with Crippen molar-refractivity contribution in [2.75, 3.05) is 0 Å². The van der Waals surface area contributed by atoms with Crippen LogP contribution in [0.15, 0.2) is 36.5 Å². The lowest BCUT2D eigenvalue weighted by molar-refractivity contribution is -0.384. The molecule has 0 radical (unpaired) electrons. The van der Waals surface area contributed by atoms with Gasteiger partial charge in [-0.1, -0.05) is 29.3 Å². The predicted molar refractivity (Wildman–Crippen MR) is 67.4 cm³/mol. The van der Waals surface area contributed by atoms with E-state index in [2.05, 4.69) is 4.98 Å². The van der Waals surface area contributed by atoms with Crippen molar-refractivity contribution >= 4 is 28.9 Å². The highest BCUT2D eigenvalue weighted by molar-refractivity contribution is 6.37. The van der Waals surface area contributed by atoms with E-state index in [0.717, 1.165) is 0 Å². The van der Waals surface area contributed by atoms with E-state index in [1.807, 2.05) is 0 Å². The molecule has 0 aliphatic carbocycles. The Kier molecular flexibility index (Phi) is 3.64. The molecule has 0 atom stereocenters. The SMILES string of the molecule is O=[N+]([O-])c1cc(Cl)c(Oc2ccccn2)c(Cl)c1. The van der Waals surface area contributed by atoms with E-state index in [9.17, 15) is 10.1 Å². The Morgan fingerprint density at radius 3 is 2.39 bits per heavy atom. The Balaban J connectivity index is 2.37. The second-order valence-corrected chi connectivity index (χ2v) is 4.08. The Labute approximate surface area is 112 Å². The van der Waals surface area contributed by atoms with Crippen molar-refractivity contribution in [3.63, 3.8) is 0 Å². The van der Waals surface area contributed by atoms with Crippen LogP contribution in [0.4, 0.5) is 5.69 Å². The number of benzene rings is 1. The molecule has 0 aliphatic heterocycles. The van der Waals surface area contributed by atoms with E-state index >= 15 is 0 Å². The van der Waals surface area contributed by atoms with Crippen molar-refractivity contribution in [1.82, 2.24) is 4.98 Å². The molecule has 5 nitrogen and oxygen atoms in total. The van der Waals surface area contributed by atoms with Crippen molar-refractivity contribution in [3.05, 3.63) is 56.7 Å². The van der Waals surface area contributed by atoms with E-state index in [1.165, 1.54) is 12.1 Å². The van der Waals surface area contributed by atoms with Gasteiger partial charge in [0.25, 0.3) is 5.69 Å². The molecular formula is C11H6Cl2N2O3. The topological polar surface area (TPSA) is 65.3 Å². The summed E-state index contributed by atoms with van der Waals surface area (Å²) in [5, 5.41) is 10.7. The van der Waals surface area contributed by atoms with E-state index in [-0.39, 0.29) is 21.5 Å². The lowest BCUT2D eigenvalue weighted by Crippen LogP contribution is -1.92. The van der Waals surface area contributed by atoms with Gasteiger partial charge >= 0.3 is 0 Å². The normalized spacial score (nSPS) is 10.1. The summed E-state index contributed by atoms with van der Waals surface area (Å²) in [5.41, 5.74) is -0.196. The van der Waals surface area contributed by atoms with Gasteiger partial charge in [0.15, 0.2) is 5.75 Å². The number of ether oxygens (including phenoxy) is 1. The number of hydrogen-bond donors (Lipinski definition) is 0. The van der Waals surface area contributed by atoms with Crippen LogP contribution < -0.4 is 4.74 Å². The summed E-state index contributed by atoms with van der Waals surface area (Å²) >= 11 is 11.8. The van der Waals surface area contributed by atoms with Crippen molar-refractivity contribution in [3.8, 4) is 11.6 Å². The number of nitro groups is 1. The molecule has 1 heterocycles. The van der Waals surface area contributed by atoms with Gasteiger partial charge in [0.2, 0.25) is 5.88 Å². The highest BCUT2D eigenvalue weighted by atomic mass is 35.5. The lowest BCUT2D eigenvalue weighted by atomic mass is 10.3. The van der Waals surface area contributed by atoms with Gasteiger partial charge in [-0.2, -0.15) is 0 Å². The Bertz CT molecular complexity index is 567. The molecule has 7 heteroatoms. The van der Waals surface area contributed by atoms with Crippen LogP contribution in [0.3, 0.4) is 0 Å². The van der Waals surface area contributed by atoms with Crippen LogP contribution in [-0.2, 0) is 0 Å². The lowest BCUT2D eigenvalue weighted by Gasteiger charge is -2.08. The third kappa shape index (κ3) is 2.69. The molecule has 1 aromatic carbocycles. The number of halogens is 2. The van der Waals surface area contributed by atoms with Crippen LogP contribution in [-0.4, -0.2) is 9.91 Å². The zero-order valence-corrected chi connectivity index (χ0v) is 10.4. The molecule has 18 heavy (non-hydrogen) atoms. The van der Waals surface area contributed by atoms with Crippen LogP contribution in [0, 0.1) is 10.1 Å². The number of nitrogens with zero attached hydrogens (tertiary/aromatic N) is 2. The highest BCUT2D eigenvalue weighted by Crippen LogP contribution is 2.38. The van der Waals surface area contributed by atoms with Gasteiger partial charge in [0.05, 0.1) is 15.0 Å². The molecule has 0 unspecified atom stereocenters. The number of nitro benzene ring substituents is 1. The maximum absolute atomic E-state index is 10.6. The second-order valence-electron chi connectivity index (χ2n) is 3.27. The number of rotatable bonds is 3. The summed E-state index contributed by atoms with van der Waals surface area (Å²) in [6.07, 6.45) is 1.54. The number of hydrogen-bond acceptors (Lipinski definition) is 4. The average molecular weight is 285 g/mol. The van der Waals surface area contributed by atoms with Gasteiger partial charge < -0.3 is 4.74 Å². The number of non-ortho nitro benzene ring substituents is 1. The third-order valence-electron chi connectivity index (χ3n) is 2.04. The van der Waals surface area contributed by atoms with Crippen LogP contribution in [0.1, 0.15) is 0 Å². The molecule has 0 saturated carbocycles. The van der Waals surface area contributed by atoms with Gasteiger partial charge in [-0.15, -0.1) is 0 Å². The fourth-order valence-electron chi connectivity index (χ4n) is 1.26. The van der Waals surface area contributed by atoms with Gasteiger partial charge in [0, 0.05) is 24.4 Å². The molecule has 0 bridgehead atoms. The molecule has 0 amide bonds. The van der Waals surface area contributed by atoms with E-state index in [0.29, 0.717) is 5.88 Å². The van der Waals surface area contributed by atoms with Crippen molar-refractivity contribution in [1.29, 1.82) is 0 Å². The van der Waals surface area contributed by atoms with Crippen LogP contribution in [0.25, 0.3) is 0 Å². The van der Waals surface area contributed by atoms with Gasteiger partial charge in [-0.05, 0) is 6.07 Å². The average Bonchev–Trinajstić information content (AvgIpc) is 2.34. The molecular weight excluding hydrogens is 279 g/mol. The van der Waals surface area contributed by atoms with Crippen molar-refractivity contribution in [2.24, 2.45) is 0 Å². The maximum atomic E-state index is 10.6. The molecule has 0 spiro atoms. The zero-order valence-electron chi connectivity index (χ0n) is 8.84. The van der Waals surface area contributed by atoms with Crippen LogP contribution in [0.5, 0.6) is 11.6 Å². The Morgan fingerprint density at radius 2 is 1.89 bits per heavy atom. The first-order valence-electron chi connectivity index (χ1n) is 4.80. The van der Waals surface area contributed by atoms with Crippen molar-refractivity contribution < 1.29 is 9.66 Å². The van der Waals surface area contributed by atoms with Crippen LogP contribution in [0.2, 0.25) is 10.0 Å². The van der Waals surface area contributed by atoms with Gasteiger partial charge in [0.1, 0.15) is 0 Å². The Morgan fingerprint density at radius 1 is 1.22 bits per heavy atom. The summed E-state index contributed by atoms with van der Waals surface area (Å²) in [6.45, 7) is 0. The predicted octanol–water partition coefficient (Wildman–Crippen LogP) is 4.09. The van der Waals surface area contributed by atoms with Gasteiger partial charge in [-0.3, -0.25) is 10.1 Å². The summed E-state index contributed by atoms with van der Waals surface area (Å²) in [4.78, 5) is 14.0. The van der Waals surface area contributed by atoms with Crippen molar-refractivity contribution in [2.45, 2.75) is 0 Å². The van der Waals surface area contributed by atoms with E-state index in [4.69, 9.17) is 27.9 Å². The maximum Gasteiger partial charge on any atom is 0.272 e. The fourth-order valence-corrected chi connectivity index (χ4v) is 1.81. The molecule has 0 fully saturated rings. The highest BCUT2D eigenvalue weighted by Gasteiger charge is 2.16. The number of aromatic nitrogens is 1.